The van der Waals surface area contributed by atoms with Crippen LogP contribution in [0.15, 0.2) is 6.07 Å². The minimum Gasteiger partial charge on any atom is -0.507 e. The highest BCUT2D eigenvalue weighted by atomic mass is 19.2. The number of hydrogen-bond donors (Lipinski definition) is 2. The molecule has 2 N–H and O–H groups in total. The third kappa shape index (κ3) is 2.69. The highest BCUT2D eigenvalue weighted by Crippen LogP contribution is 2.35. The number of aromatic hydroxyl groups is 1. The summed E-state index contributed by atoms with van der Waals surface area (Å²) >= 11 is 0. The van der Waals surface area contributed by atoms with E-state index in [9.17, 15) is 18.3 Å². The maximum absolute atomic E-state index is 13.9. The molecule has 1 aliphatic rings. The maximum atomic E-state index is 13.9. The molecule has 1 aliphatic heterocycles. The third-order valence-electron chi connectivity index (χ3n) is 3.49. The van der Waals surface area contributed by atoms with Gasteiger partial charge in [0.2, 0.25) is 0 Å². The van der Waals surface area contributed by atoms with Crippen LogP contribution in [0, 0.1) is 17.5 Å². The molecule has 1 heterocycles. The third-order valence-corrected chi connectivity index (χ3v) is 3.49. The number of halogens is 3. The van der Waals surface area contributed by atoms with E-state index in [0.29, 0.717) is 25.6 Å². The first-order valence-electron chi connectivity index (χ1n) is 6.37. The molecule has 0 aromatic heterocycles. The van der Waals surface area contributed by atoms with Gasteiger partial charge in [-0.2, -0.15) is 0 Å². The molecule has 6 heteroatoms. The first-order valence-corrected chi connectivity index (χ1v) is 6.37. The SMILES string of the molecule is CC[C@@H](c1c(O)cc(F)c(F)c1F)N1CCNCC1. The fraction of sp³-hybridized carbons (Fsp3) is 0.538. The minimum atomic E-state index is -1.53. The Balaban J connectivity index is 2.40. The van der Waals surface area contributed by atoms with Crippen LogP contribution in [0.3, 0.4) is 0 Å². The van der Waals surface area contributed by atoms with Crippen molar-refractivity contribution in [3.63, 3.8) is 0 Å². The van der Waals surface area contributed by atoms with Gasteiger partial charge in [0.25, 0.3) is 0 Å². The molecule has 2 rings (SSSR count). The molecular weight excluding hydrogens is 257 g/mol. The Morgan fingerprint density at radius 3 is 2.47 bits per heavy atom. The lowest BCUT2D eigenvalue weighted by atomic mass is 9.99. The minimum absolute atomic E-state index is 0.150. The van der Waals surface area contributed by atoms with Crippen molar-refractivity contribution in [2.75, 3.05) is 26.2 Å². The fourth-order valence-electron chi connectivity index (χ4n) is 2.55. The number of nitrogens with one attached hydrogen (secondary N) is 1. The Morgan fingerprint density at radius 2 is 1.89 bits per heavy atom. The Labute approximate surface area is 110 Å². The topological polar surface area (TPSA) is 35.5 Å². The Hall–Kier alpha value is -1.27. The molecule has 0 amide bonds. The van der Waals surface area contributed by atoms with E-state index in [1.54, 1.807) is 0 Å². The molecular formula is C13H17F3N2O. The molecule has 19 heavy (non-hydrogen) atoms. The molecule has 3 nitrogen and oxygen atoms in total. The van der Waals surface area contributed by atoms with E-state index < -0.39 is 29.2 Å². The summed E-state index contributed by atoms with van der Waals surface area (Å²) in [6.45, 7) is 4.69. The molecule has 1 aromatic carbocycles. The smallest absolute Gasteiger partial charge is 0.195 e. The molecule has 1 fully saturated rings. The number of phenols is 1. The highest BCUT2D eigenvalue weighted by Gasteiger charge is 2.29. The molecule has 1 atom stereocenters. The van der Waals surface area contributed by atoms with Crippen molar-refractivity contribution in [1.29, 1.82) is 0 Å². The summed E-state index contributed by atoms with van der Waals surface area (Å²) in [4.78, 5) is 1.96. The average Bonchev–Trinajstić information content (AvgIpc) is 2.42. The van der Waals surface area contributed by atoms with Gasteiger partial charge in [0.1, 0.15) is 5.75 Å². The summed E-state index contributed by atoms with van der Waals surface area (Å²) in [6, 6.07) is 0.190. The van der Waals surface area contributed by atoms with E-state index in [1.165, 1.54) is 0 Å². The Morgan fingerprint density at radius 1 is 1.26 bits per heavy atom. The molecule has 0 spiro atoms. The van der Waals surface area contributed by atoms with E-state index in [4.69, 9.17) is 0 Å². The molecule has 0 radical (unpaired) electrons. The maximum Gasteiger partial charge on any atom is 0.195 e. The van der Waals surface area contributed by atoms with Crippen LogP contribution in [0.2, 0.25) is 0 Å². The molecule has 0 bridgehead atoms. The molecule has 0 aliphatic carbocycles. The number of nitrogens with zero attached hydrogens (tertiary/aromatic N) is 1. The average molecular weight is 274 g/mol. The summed E-state index contributed by atoms with van der Waals surface area (Å²) in [5.74, 6) is -4.71. The van der Waals surface area contributed by atoms with Crippen molar-refractivity contribution < 1.29 is 18.3 Å². The Kier molecular flexibility index (Phi) is 4.31. The van der Waals surface area contributed by atoms with Crippen LogP contribution < -0.4 is 5.32 Å². The number of hydrogen-bond acceptors (Lipinski definition) is 3. The summed E-state index contributed by atoms with van der Waals surface area (Å²) in [6.07, 6.45) is 0.509. The van der Waals surface area contributed by atoms with Crippen molar-refractivity contribution in [1.82, 2.24) is 10.2 Å². The van der Waals surface area contributed by atoms with Crippen LogP contribution in [0.1, 0.15) is 24.9 Å². The predicted octanol–water partition coefficient (Wildman–Crippen LogP) is 2.17. The number of piperazine rings is 1. The largest absolute Gasteiger partial charge is 0.507 e. The second kappa shape index (κ2) is 5.79. The summed E-state index contributed by atoms with van der Waals surface area (Å²) in [5.41, 5.74) is -0.150. The number of benzene rings is 1. The van der Waals surface area contributed by atoms with Crippen molar-refractivity contribution in [2.24, 2.45) is 0 Å². The molecule has 106 valence electrons. The van der Waals surface area contributed by atoms with Gasteiger partial charge in [-0.25, -0.2) is 13.2 Å². The van der Waals surface area contributed by atoms with Crippen LogP contribution in [0.5, 0.6) is 5.75 Å². The zero-order valence-corrected chi connectivity index (χ0v) is 10.7. The van der Waals surface area contributed by atoms with Gasteiger partial charge < -0.3 is 10.4 Å². The second-order valence-electron chi connectivity index (χ2n) is 4.63. The monoisotopic (exact) mass is 274 g/mol. The standard InChI is InChI=1S/C13H17F3N2O/c1-2-9(18-5-3-17-4-6-18)11-10(19)7-8(14)12(15)13(11)16/h7,9,17,19H,2-6H2,1H3/t9-/m0/s1. The predicted molar refractivity (Wildman–Crippen MR) is 65.5 cm³/mol. The first kappa shape index (κ1) is 14.1. The number of phenolic OH excluding ortho intramolecular Hbond substituents is 1. The summed E-state index contributed by atoms with van der Waals surface area (Å²) in [7, 11) is 0. The lowest BCUT2D eigenvalue weighted by Crippen LogP contribution is -2.45. The lowest BCUT2D eigenvalue weighted by Gasteiger charge is -2.35. The normalized spacial score (nSPS) is 18.5. The van der Waals surface area contributed by atoms with Gasteiger partial charge in [-0.15, -0.1) is 0 Å². The molecule has 0 saturated carbocycles. The summed E-state index contributed by atoms with van der Waals surface area (Å²) < 4.78 is 40.3. The van der Waals surface area contributed by atoms with Gasteiger partial charge in [-0.1, -0.05) is 6.92 Å². The van der Waals surface area contributed by atoms with E-state index in [1.807, 2.05) is 11.8 Å². The van der Waals surface area contributed by atoms with Gasteiger partial charge in [0.05, 0.1) is 0 Å². The van der Waals surface area contributed by atoms with E-state index >= 15 is 0 Å². The molecule has 1 aromatic rings. The van der Waals surface area contributed by atoms with E-state index in [2.05, 4.69) is 5.32 Å². The van der Waals surface area contributed by atoms with Crippen LogP contribution in [-0.4, -0.2) is 36.2 Å². The van der Waals surface area contributed by atoms with Crippen LogP contribution in [0.4, 0.5) is 13.2 Å². The van der Waals surface area contributed by atoms with Crippen molar-refractivity contribution >= 4 is 0 Å². The zero-order valence-electron chi connectivity index (χ0n) is 10.7. The van der Waals surface area contributed by atoms with Crippen molar-refractivity contribution in [3.05, 3.63) is 29.1 Å². The number of rotatable bonds is 3. The first-order chi connectivity index (χ1) is 9.06. The van der Waals surface area contributed by atoms with E-state index in [-0.39, 0.29) is 5.56 Å². The fourth-order valence-corrected chi connectivity index (χ4v) is 2.55. The van der Waals surface area contributed by atoms with Crippen molar-refractivity contribution in [2.45, 2.75) is 19.4 Å². The van der Waals surface area contributed by atoms with Gasteiger partial charge in [-0.3, -0.25) is 4.90 Å². The summed E-state index contributed by atoms with van der Waals surface area (Å²) in [5, 5.41) is 12.9. The van der Waals surface area contributed by atoms with Gasteiger partial charge in [0.15, 0.2) is 17.5 Å². The zero-order chi connectivity index (χ0) is 14.0. The molecule has 1 saturated heterocycles. The van der Waals surface area contributed by atoms with Crippen LogP contribution >= 0.6 is 0 Å². The van der Waals surface area contributed by atoms with Crippen LogP contribution in [0.25, 0.3) is 0 Å². The Bertz CT molecular complexity index is 462. The lowest BCUT2D eigenvalue weighted by molar-refractivity contribution is 0.162. The quantitative estimate of drug-likeness (QED) is 0.829. The van der Waals surface area contributed by atoms with Gasteiger partial charge >= 0.3 is 0 Å². The highest BCUT2D eigenvalue weighted by molar-refractivity contribution is 5.37. The van der Waals surface area contributed by atoms with E-state index in [0.717, 1.165) is 13.1 Å². The van der Waals surface area contributed by atoms with Gasteiger partial charge in [-0.05, 0) is 6.42 Å². The molecule has 0 unspecified atom stereocenters. The van der Waals surface area contributed by atoms with Gasteiger partial charge in [0, 0.05) is 43.9 Å². The second-order valence-corrected chi connectivity index (χ2v) is 4.63. The van der Waals surface area contributed by atoms with Crippen LogP contribution in [-0.2, 0) is 0 Å². The van der Waals surface area contributed by atoms with Crippen molar-refractivity contribution in [3.8, 4) is 5.75 Å².